The summed E-state index contributed by atoms with van der Waals surface area (Å²) in [4.78, 5) is 1.19. The zero-order valence-electron chi connectivity index (χ0n) is 7.00. The highest BCUT2D eigenvalue weighted by molar-refractivity contribution is 7.98. The van der Waals surface area contributed by atoms with Gasteiger partial charge in [0.15, 0.2) is 0 Å². The lowest BCUT2D eigenvalue weighted by atomic mass is 10.2. The molecule has 4 heteroatoms. The lowest BCUT2D eigenvalue weighted by Gasteiger charge is -1.99. The van der Waals surface area contributed by atoms with Crippen molar-refractivity contribution in [2.45, 2.75) is 4.90 Å². The highest BCUT2D eigenvalue weighted by Crippen LogP contribution is 2.41. The van der Waals surface area contributed by atoms with Crippen molar-refractivity contribution in [3.63, 3.8) is 0 Å². The van der Waals surface area contributed by atoms with E-state index in [0.29, 0.717) is 10.0 Å². The van der Waals surface area contributed by atoms with Crippen molar-refractivity contribution in [2.24, 2.45) is 0 Å². The molecule has 0 aliphatic heterocycles. The number of thiophene rings is 1. The number of hydrogen-bond donors (Lipinski definition) is 1. The zero-order chi connectivity index (χ0) is 9.42. The summed E-state index contributed by atoms with van der Waals surface area (Å²) in [5.74, 6) is 0. The molecule has 2 aromatic rings. The number of rotatable bonds is 1. The Kier molecular flexibility index (Phi) is 2.41. The molecule has 2 N–H and O–H groups in total. The first-order chi connectivity index (χ1) is 6.24. The number of hydrogen-bond acceptors (Lipinski definition) is 3. The van der Waals surface area contributed by atoms with E-state index in [4.69, 9.17) is 17.3 Å². The molecule has 0 saturated carbocycles. The van der Waals surface area contributed by atoms with Crippen LogP contribution in [0, 0.1) is 0 Å². The standard InChI is InChI=1S/C9H8ClNS2/c1-12-5-3-2-4-6-7(5)8(11)9(10)13-6/h2-4H,11H2,1H3. The molecule has 0 unspecified atom stereocenters. The Morgan fingerprint density at radius 2 is 2.23 bits per heavy atom. The third kappa shape index (κ3) is 1.41. The molecule has 1 aromatic heterocycles. The molecule has 1 heterocycles. The zero-order valence-corrected chi connectivity index (χ0v) is 9.39. The number of nitrogen functional groups attached to an aromatic ring is 1. The maximum Gasteiger partial charge on any atom is 0.117 e. The summed E-state index contributed by atoms with van der Waals surface area (Å²) in [5, 5.41) is 1.10. The van der Waals surface area contributed by atoms with E-state index in [1.807, 2.05) is 18.4 Å². The molecule has 1 aromatic carbocycles. The average molecular weight is 230 g/mol. The van der Waals surface area contributed by atoms with Crippen LogP contribution in [0.2, 0.25) is 4.34 Å². The highest BCUT2D eigenvalue weighted by atomic mass is 35.5. The van der Waals surface area contributed by atoms with Crippen LogP contribution in [-0.2, 0) is 0 Å². The summed E-state index contributed by atoms with van der Waals surface area (Å²) in [6, 6.07) is 6.13. The summed E-state index contributed by atoms with van der Waals surface area (Å²) >= 11 is 9.19. The van der Waals surface area contributed by atoms with Gasteiger partial charge in [-0.05, 0) is 18.4 Å². The minimum atomic E-state index is 0.691. The maximum atomic E-state index is 5.97. The molecule has 0 aliphatic rings. The molecule has 0 amide bonds. The number of halogens is 1. The Morgan fingerprint density at radius 3 is 2.92 bits per heavy atom. The fourth-order valence-electron chi connectivity index (χ4n) is 1.28. The smallest absolute Gasteiger partial charge is 0.117 e. The molecule has 2 rings (SSSR count). The van der Waals surface area contributed by atoms with Gasteiger partial charge >= 0.3 is 0 Å². The van der Waals surface area contributed by atoms with Crippen molar-refractivity contribution in [2.75, 3.05) is 12.0 Å². The minimum absolute atomic E-state index is 0.691. The van der Waals surface area contributed by atoms with E-state index in [0.717, 1.165) is 10.1 Å². The third-order valence-corrected chi connectivity index (χ3v) is 4.06. The number of thioether (sulfide) groups is 1. The molecular formula is C9H8ClNS2. The van der Waals surface area contributed by atoms with E-state index in [9.17, 15) is 0 Å². The van der Waals surface area contributed by atoms with Gasteiger partial charge in [-0.25, -0.2) is 0 Å². The predicted molar refractivity (Wildman–Crippen MR) is 63.0 cm³/mol. The monoisotopic (exact) mass is 229 g/mol. The van der Waals surface area contributed by atoms with Crippen LogP contribution in [0.4, 0.5) is 5.69 Å². The van der Waals surface area contributed by atoms with Gasteiger partial charge in [0.25, 0.3) is 0 Å². The van der Waals surface area contributed by atoms with Crippen molar-refractivity contribution in [1.29, 1.82) is 0 Å². The number of fused-ring (bicyclic) bond motifs is 1. The summed E-state index contributed by atoms with van der Waals surface area (Å²) in [5.41, 5.74) is 6.59. The van der Waals surface area contributed by atoms with Gasteiger partial charge in [-0.15, -0.1) is 23.1 Å². The minimum Gasteiger partial charge on any atom is -0.396 e. The Hall–Kier alpha value is -0.380. The Morgan fingerprint density at radius 1 is 1.46 bits per heavy atom. The first-order valence-electron chi connectivity index (χ1n) is 3.74. The van der Waals surface area contributed by atoms with E-state index in [1.165, 1.54) is 16.2 Å². The van der Waals surface area contributed by atoms with Crippen molar-refractivity contribution in [1.82, 2.24) is 0 Å². The number of benzene rings is 1. The Bertz CT molecular complexity index is 450. The molecule has 0 aliphatic carbocycles. The number of nitrogens with two attached hydrogens (primary N) is 1. The fraction of sp³-hybridized carbons (Fsp3) is 0.111. The molecule has 0 saturated heterocycles. The summed E-state index contributed by atoms with van der Waals surface area (Å²) in [6.45, 7) is 0. The van der Waals surface area contributed by atoms with Crippen molar-refractivity contribution >= 4 is 50.5 Å². The van der Waals surface area contributed by atoms with Crippen LogP contribution < -0.4 is 5.73 Å². The van der Waals surface area contributed by atoms with Crippen LogP contribution in [0.25, 0.3) is 10.1 Å². The van der Waals surface area contributed by atoms with Crippen LogP contribution in [0.15, 0.2) is 23.1 Å². The van der Waals surface area contributed by atoms with Crippen LogP contribution in [0.1, 0.15) is 0 Å². The van der Waals surface area contributed by atoms with E-state index in [-0.39, 0.29) is 0 Å². The van der Waals surface area contributed by atoms with Gasteiger partial charge < -0.3 is 5.73 Å². The second kappa shape index (κ2) is 3.40. The lowest BCUT2D eigenvalue weighted by molar-refractivity contribution is 1.58. The maximum absolute atomic E-state index is 5.97. The van der Waals surface area contributed by atoms with Gasteiger partial charge in [0.1, 0.15) is 4.34 Å². The van der Waals surface area contributed by atoms with Gasteiger partial charge in [-0.3, -0.25) is 0 Å². The van der Waals surface area contributed by atoms with Crippen LogP contribution >= 0.6 is 34.7 Å². The third-order valence-electron chi connectivity index (χ3n) is 1.89. The van der Waals surface area contributed by atoms with Crippen molar-refractivity contribution < 1.29 is 0 Å². The van der Waals surface area contributed by atoms with E-state index in [1.54, 1.807) is 11.8 Å². The molecule has 68 valence electrons. The van der Waals surface area contributed by atoms with Crippen LogP contribution in [0.5, 0.6) is 0 Å². The summed E-state index contributed by atoms with van der Waals surface area (Å²) < 4.78 is 1.85. The summed E-state index contributed by atoms with van der Waals surface area (Å²) in [7, 11) is 0. The quantitative estimate of drug-likeness (QED) is 0.752. The normalized spacial score (nSPS) is 10.9. The molecule has 1 nitrogen and oxygen atoms in total. The van der Waals surface area contributed by atoms with Gasteiger partial charge in [-0.1, -0.05) is 17.7 Å². The highest BCUT2D eigenvalue weighted by Gasteiger charge is 2.10. The first kappa shape index (κ1) is 9.19. The van der Waals surface area contributed by atoms with Gasteiger partial charge in [0.2, 0.25) is 0 Å². The fourth-order valence-corrected chi connectivity index (χ4v) is 3.20. The molecular weight excluding hydrogens is 222 g/mol. The van der Waals surface area contributed by atoms with Crippen LogP contribution in [0.3, 0.4) is 0 Å². The lowest BCUT2D eigenvalue weighted by Crippen LogP contribution is -1.83. The topological polar surface area (TPSA) is 26.0 Å². The van der Waals surface area contributed by atoms with Crippen molar-refractivity contribution in [3.05, 3.63) is 22.5 Å². The first-order valence-corrected chi connectivity index (χ1v) is 6.16. The van der Waals surface area contributed by atoms with E-state index in [2.05, 4.69) is 6.07 Å². The van der Waals surface area contributed by atoms with E-state index >= 15 is 0 Å². The molecule has 0 radical (unpaired) electrons. The molecule has 0 atom stereocenters. The predicted octanol–water partition coefficient (Wildman–Crippen LogP) is 3.86. The SMILES string of the molecule is CSc1cccc2sc(Cl)c(N)c12. The van der Waals surface area contributed by atoms with Crippen molar-refractivity contribution in [3.8, 4) is 0 Å². The number of anilines is 1. The second-order valence-corrected chi connectivity index (χ2v) is 5.13. The summed E-state index contributed by atoms with van der Waals surface area (Å²) in [6.07, 6.45) is 2.04. The largest absolute Gasteiger partial charge is 0.396 e. The van der Waals surface area contributed by atoms with Crippen LogP contribution in [-0.4, -0.2) is 6.26 Å². The second-order valence-electron chi connectivity index (χ2n) is 2.62. The van der Waals surface area contributed by atoms with Gasteiger partial charge in [-0.2, -0.15) is 0 Å². The molecule has 13 heavy (non-hydrogen) atoms. The van der Waals surface area contributed by atoms with E-state index < -0.39 is 0 Å². The molecule has 0 bridgehead atoms. The Labute approximate surface area is 89.9 Å². The average Bonchev–Trinajstić information content (AvgIpc) is 2.43. The van der Waals surface area contributed by atoms with Gasteiger partial charge in [0.05, 0.1) is 5.69 Å². The Balaban J connectivity index is 2.87. The molecule has 0 spiro atoms. The van der Waals surface area contributed by atoms with Gasteiger partial charge in [0, 0.05) is 15.0 Å². The molecule has 0 fully saturated rings.